The molecule has 1 aromatic heterocycles. The monoisotopic (exact) mass is 311 g/mol. The van der Waals surface area contributed by atoms with Crippen LogP contribution in [0.25, 0.3) is 0 Å². The lowest BCUT2D eigenvalue weighted by Crippen LogP contribution is -2.52. The lowest BCUT2D eigenvalue weighted by atomic mass is 9.78. The number of aromatic nitrogens is 1. The van der Waals surface area contributed by atoms with Crippen LogP contribution in [-0.2, 0) is 16.0 Å². The van der Waals surface area contributed by atoms with Crippen molar-refractivity contribution < 1.29 is 14.7 Å². The van der Waals surface area contributed by atoms with Crippen molar-refractivity contribution in [2.45, 2.75) is 50.5 Å². The first-order valence-corrected chi connectivity index (χ1v) is 7.99. The van der Waals surface area contributed by atoms with Crippen LogP contribution in [0.2, 0.25) is 0 Å². The smallest absolute Gasteiger partial charge is 0.305 e. The number of thiazole rings is 1. The molecule has 6 nitrogen and oxygen atoms in total. The standard InChI is InChI=1S/C14H21N3O3S/c1-17(11(18)7-10-9-21-13(15)16-10)14(8-12(19)20)5-3-2-4-6-14/h9H,2-8H2,1H3,(H2,15,16)(H,19,20). The summed E-state index contributed by atoms with van der Waals surface area (Å²) in [6.07, 6.45) is 4.72. The van der Waals surface area contributed by atoms with E-state index in [-0.39, 0.29) is 18.7 Å². The van der Waals surface area contributed by atoms with Gasteiger partial charge in [0.15, 0.2) is 5.13 Å². The molecule has 1 aliphatic rings. The van der Waals surface area contributed by atoms with Crippen LogP contribution < -0.4 is 5.73 Å². The first-order chi connectivity index (χ1) is 9.93. The molecule has 21 heavy (non-hydrogen) atoms. The molecule has 1 aliphatic carbocycles. The van der Waals surface area contributed by atoms with Crippen LogP contribution in [0.4, 0.5) is 5.13 Å². The predicted octanol–water partition coefficient (Wildman–Crippen LogP) is 1.90. The van der Waals surface area contributed by atoms with Gasteiger partial charge in [0.25, 0.3) is 0 Å². The Morgan fingerprint density at radius 2 is 2.10 bits per heavy atom. The van der Waals surface area contributed by atoms with Crippen LogP contribution in [0.1, 0.15) is 44.2 Å². The van der Waals surface area contributed by atoms with Gasteiger partial charge in [-0.2, -0.15) is 0 Å². The molecule has 3 N–H and O–H groups in total. The Bertz CT molecular complexity index is 523. The van der Waals surface area contributed by atoms with E-state index in [0.717, 1.165) is 32.1 Å². The van der Waals surface area contributed by atoms with Gasteiger partial charge in [0.2, 0.25) is 5.91 Å². The Kier molecular flexibility index (Phi) is 4.82. The number of nitrogen functional groups attached to an aromatic ring is 1. The molecule has 1 aromatic rings. The summed E-state index contributed by atoms with van der Waals surface area (Å²) < 4.78 is 0. The van der Waals surface area contributed by atoms with Crippen molar-refractivity contribution in [3.63, 3.8) is 0 Å². The molecular formula is C14H21N3O3S. The third kappa shape index (κ3) is 3.72. The fourth-order valence-corrected chi connectivity index (χ4v) is 3.63. The van der Waals surface area contributed by atoms with E-state index in [1.54, 1.807) is 17.3 Å². The molecule has 0 aliphatic heterocycles. The van der Waals surface area contributed by atoms with Crippen molar-refractivity contribution in [2.75, 3.05) is 12.8 Å². The van der Waals surface area contributed by atoms with Crippen LogP contribution in [0.3, 0.4) is 0 Å². The van der Waals surface area contributed by atoms with E-state index in [1.165, 1.54) is 11.3 Å². The fraction of sp³-hybridized carbons (Fsp3) is 0.643. The van der Waals surface area contributed by atoms with Crippen LogP contribution in [0.5, 0.6) is 0 Å². The average molecular weight is 311 g/mol. The Morgan fingerprint density at radius 1 is 1.43 bits per heavy atom. The highest BCUT2D eigenvalue weighted by Gasteiger charge is 2.40. The number of aliphatic carboxylic acids is 1. The second-order valence-corrected chi connectivity index (χ2v) is 6.55. The average Bonchev–Trinajstić information content (AvgIpc) is 2.83. The van der Waals surface area contributed by atoms with Gasteiger partial charge in [-0.3, -0.25) is 9.59 Å². The summed E-state index contributed by atoms with van der Waals surface area (Å²) >= 11 is 1.31. The van der Waals surface area contributed by atoms with E-state index in [9.17, 15) is 14.7 Å². The minimum Gasteiger partial charge on any atom is -0.481 e. The SMILES string of the molecule is CN(C(=O)Cc1csc(N)n1)C1(CC(=O)O)CCCCC1. The number of rotatable bonds is 5. The second-order valence-electron chi connectivity index (χ2n) is 5.66. The number of likely N-dealkylation sites (N-methyl/N-ethyl adjacent to an activating group) is 1. The first-order valence-electron chi connectivity index (χ1n) is 7.11. The number of nitrogens with zero attached hydrogens (tertiary/aromatic N) is 2. The van der Waals surface area contributed by atoms with E-state index < -0.39 is 11.5 Å². The quantitative estimate of drug-likeness (QED) is 0.865. The molecule has 1 saturated carbocycles. The molecule has 1 heterocycles. The molecule has 1 amide bonds. The van der Waals surface area contributed by atoms with Gasteiger partial charge < -0.3 is 15.7 Å². The normalized spacial score (nSPS) is 17.4. The van der Waals surface area contributed by atoms with E-state index in [0.29, 0.717) is 10.8 Å². The van der Waals surface area contributed by atoms with E-state index in [2.05, 4.69) is 4.98 Å². The van der Waals surface area contributed by atoms with Crippen molar-refractivity contribution in [3.05, 3.63) is 11.1 Å². The Labute approximate surface area is 128 Å². The lowest BCUT2D eigenvalue weighted by Gasteiger charge is -2.44. The number of carbonyl (C=O) groups is 2. The summed E-state index contributed by atoms with van der Waals surface area (Å²) in [4.78, 5) is 29.4. The number of nitrogens with two attached hydrogens (primary N) is 1. The van der Waals surface area contributed by atoms with Gasteiger partial charge in [0.1, 0.15) is 0 Å². The number of amides is 1. The number of carboxylic acids is 1. The topological polar surface area (TPSA) is 96.5 Å². The van der Waals surface area contributed by atoms with Crippen molar-refractivity contribution >= 4 is 28.3 Å². The molecule has 0 radical (unpaired) electrons. The van der Waals surface area contributed by atoms with Gasteiger partial charge in [-0.25, -0.2) is 4.98 Å². The molecule has 0 atom stereocenters. The Balaban J connectivity index is 2.11. The molecule has 2 rings (SSSR count). The summed E-state index contributed by atoms with van der Waals surface area (Å²) in [6, 6.07) is 0. The Morgan fingerprint density at radius 3 is 2.62 bits per heavy atom. The third-order valence-corrected chi connectivity index (χ3v) is 4.97. The van der Waals surface area contributed by atoms with Gasteiger partial charge in [0.05, 0.1) is 24.1 Å². The van der Waals surface area contributed by atoms with Crippen molar-refractivity contribution in [3.8, 4) is 0 Å². The zero-order chi connectivity index (χ0) is 15.5. The number of anilines is 1. The fourth-order valence-electron chi connectivity index (χ4n) is 3.06. The molecular weight excluding hydrogens is 290 g/mol. The van der Waals surface area contributed by atoms with Gasteiger partial charge in [-0.1, -0.05) is 19.3 Å². The number of carbonyl (C=O) groups excluding carboxylic acids is 1. The summed E-state index contributed by atoms with van der Waals surface area (Å²) in [6.45, 7) is 0. The molecule has 7 heteroatoms. The zero-order valence-electron chi connectivity index (χ0n) is 12.2. The van der Waals surface area contributed by atoms with E-state index in [1.807, 2.05) is 0 Å². The van der Waals surface area contributed by atoms with Gasteiger partial charge in [-0.15, -0.1) is 11.3 Å². The van der Waals surface area contributed by atoms with Gasteiger partial charge in [0, 0.05) is 12.4 Å². The van der Waals surface area contributed by atoms with Crippen LogP contribution >= 0.6 is 11.3 Å². The molecule has 116 valence electrons. The first kappa shape index (κ1) is 15.8. The number of carboxylic acid groups (broad SMARTS) is 1. The molecule has 0 bridgehead atoms. The minimum absolute atomic E-state index is 0.00838. The maximum atomic E-state index is 12.5. The van der Waals surface area contributed by atoms with E-state index >= 15 is 0 Å². The largest absolute Gasteiger partial charge is 0.481 e. The van der Waals surface area contributed by atoms with Crippen molar-refractivity contribution in [2.24, 2.45) is 0 Å². The molecule has 0 aromatic carbocycles. The molecule has 0 spiro atoms. The molecule has 0 unspecified atom stereocenters. The Hall–Kier alpha value is -1.63. The number of hydrogen-bond donors (Lipinski definition) is 2. The third-order valence-electron chi connectivity index (χ3n) is 4.25. The summed E-state index contributed by atoms with van der Waals surface area (Å²) in [5.74, 6) is -0.946. The van der Waals surface area contributed by atoms with E-state index in [4.69, 9.17) is 5.73 Å². The number of hydrogen-bond acceptors (Lipinski definition) is 5. The lowest BCUT2D eigenvalue weighted by molar-refractivity contribution is -0.145. The second kappa shape index (κ2) is 6.43. The zero-order valence-corrected chi connectivity index (χ0v) is 13.0. The summed E-state index contributed by atoms with van der Waals surface area (Å²) in [7, 11) is 1.71. The highest BCUT2D eigenvalue weighted by Crippen LogP contribution is 2.36. The predicted molar refractivity (Wildman–Crippen MR) is 81.1 cm³/mol. The molecule has 1 fully saturated rings. The highest BCUT2D eigenvalue weighted by atomic mass is 32.1. The van der Waals surface area contributed by atoms with Gasteiger partial charge in [-0.05, 0) is 12.8 Å². The molecule has 0 saturated heterocycles. The maximum absolute atomic E-state index is 12.5. The van der Waals surface area contributed by atoms with Crippen molar-refractivity contribution in [1.82, 2.24) is 9.88 Å². The van der Waals surface area contributed by atoms with Crippen LogP contribution in [-0.4, -0.2) is 39.5 Å². The summed E-state index contributed by atoms with van der Waals surface area (Å²) in [5, 5.41) is 11.4. The summed E-state index contributed by atoms with van der Waals surface area (Å²) in [5.41, 5.74) is 5.67. The minimum atomic E-state index is -0.852. The van der Waals surface area contributed by atoms with Crippen LogP contribution in [0.15, 0.2) is 5.38 Å². The van der Waals surface area contributed by atoms with Gasteiger partial charge >= 0.3 is 5.97 Å². The highest BCUT2D eigenvalue weighted by molar-refractivity contribution is 7.13. The maximum Gasteiger partial charge on any atom is 0.305 e. The van der Waals surface area contributed by atoms with Crippen molar-refractivity contribution in [1.29, 1.82) is 0 Å². The van der Waals surface area contributed by atoms with Crippen LogP contribution in [0, 0.1) is 0 Å².